The van der Waals surface area contributed by atoms with Crippen LogP contribution in [0.25, 0.3) is 0 Å². The molecule has 0 spiro atoms. The average Bonchev–Trinajstić information content (AvgIpc) is 3.10. The summed E-state index contributed by atoms with van der Waals surface area (Å²) in [5.74, 6) is 0.375. The van der Waals surface area contributed by atoms with Crippen LogP contribution in [0, 0.1) is 11.8 Å². The summed E-state index contributed by atoms with van der Waals surface area (Å²) in [6.45, 7) is 3.73. The third-order valence-electron chi connectivity index (χ3n) is 4.21. The van der Waals surface area contributed by atoms with E-state index in [1.54, 1.807) is 13.2 Å². The molecule has 0 aliphatic carbocycles. The maximum Gasteiger partial charge on any atom is 0.266 e. The number of aliphatic hydroxyl groups is 1. The summed E-state index contributed by atoms with van der Waals surface area (Å²) in [7, 11) is 3.72. The van der Waals surface area contributed by atoms with E-state index in [9.17, 15) is 9.90 Å². The van der Waals surface area contributed by atoms with Crippen molar-refractivity contribution in [1.82, 2.24) is 9.80 Å². The van der Waals surface area contributed by atoms with Crippen molar-refractivity contribution in [1.29, 1.82) is 0 Å². The first-order valence-corrected chi connectivity index (χ1v) is 8.35. The van der Waals surface area contributed by atoms with Crippen LogP contribution < -0.4 is 5.73 Å². The maximum atomic E-state index is 12.5. The predicted octanol–water partition coefficient (Wildman–Crippen LogP) is 0.589. The molecule has 1 amide bonds. The summed E-state index contributed by atoms with van der Waals surface area (Å²) < 4.78 is 5.08. The molecule has 1 aliphatic rings. The zero-order valence-electron chi connectivity index (χ0n) is 13.2. The van der Waals surface area contributed by atoms with E-state index in [2.05, 4.69) is 4.90 Å². The van der Waals surface area contributed by atoms with Gasteiger partial charge in [0.05, 0.1) is 12.3 Å². The zero-order valence-corrected chi connectivity index (χ0v) is 14.0. The molecule has 1 aromatic heterocycles. The number of carbonyl (C=O) groups is 1. The number of ether oxygens (including phenoxy) is 1. The second kappa shape index (κ2) is 7.92. The van der Waals surface area contributed by atoms with Crippen LogP contribution in [-0.2, 0) is 4.74 Å². The summed E-state index contributed by atoms with van der Waals surface area (Å²) in [6, 6.07) is 1.76. The van der Waals surface area contributed by atoms with Crippen molar-refractivity contribution in [3.8, 4) is 0 Å². The second-order valence-electron chi connectivity index (χ2n) is 5.87. The summed E-state index contributed by atoms with van der Waals surface area (Å²) in [6.07, 6.45) is 0. The largest absolute Gasteiger partial charge is 0.397 e. The Bertz CT molecular complexity index is 494. The van der Waals surface area contributed by atoms with Crippen molar-refractivity contribution in [3.63, 3.8) is 0 Å². The molecule has 1 aliphatic heterocycles. The molecule has 1 aromatic rings. The molecule has 6 nitrogen and oxygen atoms in total. The number of carbonyl (C=O) groups excluding carboxylic acids is 1. The van der Waals surface area contributed by atoms with E-state index in [1.807, 2.05) is 17.3 Å². The molecular formula is C15H25N3O3S. The second-order valence-corrected chi connectivity index (χ2v) is 6.79. The van der Waals surface area contributed by atoms with Crippen molar-refractivity contribution < 1.29 is 14.6 Å². The van der Waals surface area contributed by atoms with Gasteiger partial charge in [0.2, 0.25) is 0 Å². The van der Waals surface area contributed by atoms with Gasteiger partial charge < -0.3 is 25.4 Å². The van der Waals surface area contributed by atoms with Gasteiger partial charge >= 0.3 is 0 Å². The molecule has 2 heterocycles. The van der Waals surface area contributed by atoms with Gasteiger partial charge in [-0.15, -0.1) is 11.3 Å². The van der Waals surface area contributed by atoms with Gasteiger partial charge in [0.25, 0.3) is 5.91 Å². The lowest BCUT2D eigenvalue weighted by Gasteiger charge is -2.23. The van der Waals surface area contributed by atoms with Crippen molar-refractivity contribution in [2.45, 2.75) is 0 Å². The highest BCUT2D eigenvalue weighted by Crippen LogP contribution is 2.28. The molecule has 0 bridgehead atoms. The quantitative estimate of drug-likeness (QED) is 0.766. The summed E-state index contributed by atoms with van der Waals surface area (Å²) in [5.41, 5.74) is 6.38. The number of thiophene rings is 1. The normalized spacial score (nSPS) is 21.7. The Morgan fingerprint density at radius 2 is 2.27 bits per heavy atom. The van der Waals surface area contributed by atoms with E-state index in [0.717, 1.165) is 13.1 Å². The van der Waals surface area contributed by atoms with Crippen LogP contribution in [0.1, 0.15) is 9.67 Å². The Balaban J connectivity index is 1.97. The number of likely N-dealkylation sites (tertiary alicyclic amines) is 1. The Morgan fingerprint density at radius 1 is 1.55 bits per heavy atom. The molecule has 3 N–H and O–H groups in total. The van der Waals surface area contributed by atoms with Crippen LogP contribution in [0.4, 0.5) is 5.69 Å². The van der Waals surface area contributed by atoms with Crippen LogP contribution in [0.15, 0.2) is 11.4 Å². The van der Waals surface area contributed by atoms with Crippen molar-refractivity contribution >= 4 is 22.9 Å². The minimum absolute atomic E-state index is 0.0204. The fourth-order valence-electron chi connectivity index (χ4n) is 2.89. The van der Waals surface area contributed by atoms with E-state index in [0.29, 0.717) is 30.3 Å². The standard InChI is InChI=1S/C15H25N3O3S/c1-17(4-5-21-2)7-11-8-18(9-12(11)10-19)15(20)14-13(16)3-6-22-14/h3,6,11-12,19H,4-5,7-10,16H2,1-2H3/t11-,12-/m1/s1. The molecule has 1 saturated heterocycles. The van der Waals surface area contributed by atoms with E-state index >= 15 is 0 Å². The predicted molar refractivity (Wildman–Crippen MR) is 88.1 cm³/mol. The number of aliphatic hydroxyl groups excluding tert-OH is 1. The molecule has 2 atom stereocenters. The number of nitrogens with two attached hydrogens (primary N) is 1. The van der Waals surface area contributed by atoms with Crippen molar-refractivity contribution in [3.05, 3.63) is 16.3 Å². The third-order valence-corrected chi connectivity index (χ3v) is 5.13. The Hall–Kier alpha value is -1.15. The fraction of sp³-hybridized carbons (Fsp3) is 0.667. The smallest absolute Gasteiger partial charge is 0.266 e. The van der Waals surface area contributed by atoms with E-state index < -0.39 is 0 Å². The first-order valence-electron chi connectivity index (χ1n) is 7.47. The fourth-order valence-corrected chi connectivity index (χ4v) is 3.68. The molecule has 2 rings (SSSR count). The third kappa shape index (κ3) is 3.98. The van der Waals surface area contributed by atoms with Crippen LogP contribution in [-0.4, -0.2) is 74.4 Å². The number of methoxy groups -OCH3 is 1. The Kier molecular flexibility index (Phi) is 6.19. The van der Waals surface area contributed by atoms with Crippen LogP contribution in [0.2, 0.25) is 0 Å². The number of nitrogen functional groups attached to an aromatic ring is 1. The number of hydrogen-bond donors (Lipinski definition) is 2. The van der Waals surface area contributed by atoms with Gasteiger partial charge in [-0.1, -0.05) is 0 Å². The van der Waals surface area contributed by atoms with Gasteiger partial charge in [0, 0.05) is 45.8 Å². The number of anilines is 1. The van der Waals surface area contributed by atoms with Gasteiger partial charge in [0.1, 0.15) is 4.88 Å². The minimum atomic E-state index is -0.0204. The van der Waals surface area contributed by atoms with E-state index in [1.165, 1.54) is 11.3 Å². The highest BCUT2D eigenvalue weighted by molar-refractivity contribution is 7.12. The number of nitrogens with zero attached hydrogens (tertiary/aromatic N) is 2. The highest BCUT2D eigenvalue weighted by Gasteiger charge is 2.36. The zero-order chi connectivity index (χ0) is 16.1. The van der Waals surface area contributed by atoms with Crippen LogP contribution >= 0.6 is 11.3 Å². The van der Waals surface area contributed by atoms with Crippen molar-refractivity contribution in [2.24, 2.45) is 11.8 Å². The molecule has 0 saturated carbocycles. The lowest BCUT2D eigenvalue weighted by molar-refractivity contribution is 0.0784. The van der Waals surface area contributed by atoms with Crippen molar-refractivity contribution in [2.75, 3.05) is 59.3 Å². The Morgan fingerprint density at radius 3 is 2.86 bits per heavy atom. The maximum absolute atomic E-state index is 12.5. The number of amides is 1. The van der Waals surface area contributed by atoms with E-state index in [-0.39, 0.29) is 24.3 Å². The molecule has 1 fully saturated rings. The molecule has 124 valence electrons. The van der Waals surface area contributed by atoms with Gasteiger partial charge in [-0.25, -0.2) is 0 Å². The lowest BCUT2D eigenvalue weighted by atomic mass is 9.96. The molecule has 22 heavy (non-hydrogen) atoms. The van der Waals surface area contributed by atoms with Gasteiger partial charge in [-0.05, 0) is 24.4 Å². The molecule has 0 aromatic carbocycles. The number of rotatable bonds is 7. The molecule has 0 radical (unpaired) electrons. The van der Waals surface area contributed by atoms with Gasteiger partial charge in [0.15, 0.2) is 0 Å². The van der Waals surface area contributed by atoms with Crippen LogP contribution in [0.5, 0.6) is 0 Å². The lowest BCUT2D eigenvalue weighted by Crippen LogP contribution is -2.33. The van der Waals surface area contributed by atoms with Crippen LogP contribution in [0.3, 0.4) is 0 Å². The van der Waals surface area contributed by atoms with Gasteiger partial charge in [-0.2, -0.15) is 0 Å². The minimum Gasteiger partial charge on any atom is -0.397 e. The topological polar surface area (TPSA) is 79.0 Å². The molecule has 0 unspecified atom stereocenters. The number of hydrogen-bond acceptors (Lipinski definition) is 6. The summed E-state index contributed by atoms with van der Waals surface area (Å²) in [4.78, 5) is 17.1. The van der Waals surface area contributed by atoms with E-state index in [4.69, 9.17) is 10.5 Å². The Labute approximate surface area is 135 Å². The summed E-state index contributed by atoms with van der Waals surface area (Å²) >= 11 is 1.37. The van der Waals surface area contributed by atoms with Gasteiger partial charge in [-0.3, -0.25) is 4.79 Å². The monoisotopic (exact) mass is 327 g/mol. The average molecular weight is 327 g/mol. The molecule has 7 heteroatoms. The first-order chi connectivity index (χ1) is 10.6. The first kappa shape index (κ1) is 17.2. The summed E-state index contributed by atoms with van der Waals surface area (Å²) in [5, 5.41) is 11.4. The molecular weight excluding hydrogens is 302 g/mol. The number of likely N-dealkylation sites (N-methyl/N-ethyl adjacent to an activating group) is 1. The SMILES string of the molecule is COCCN(C)C[C@@H]1CN(C(=O)c2sccc2N)C[C@@H]1CO. The highest BCUT2D eigenvalue weighted by atomic mass is 32.1.